The number of hydrogen-bond acceptors (Lipinski definition) is 5. The van der Waals surface area contributed by atoms with Crippen LogP contribution in [-0.4, -0.2) is 27.7 Å². The maximum atomic E-state index is 12.8. The minimum atomic E-state index is -0.349. The van der Waals surface area contributed by atoms with Gasteiger partial charge in [0.05, 0.1) is 5.25 Å². The molecule has 1 atom stereocenters. The Bertz CT molecular complexity index is 815. The minimum Gasteiger partial charge on any atom is -0.430 e. The van der Waals surface area contributed by atoms with Gasteiger partial charge in [0.1, 0.15) is 0 Å². The molecule has 0 aliphatic rings. The molecule has 0 saturated heterocycles. The minimum absolute atomic E-state index is 0.0266. The fraction of sp³-hybridized carbons (Fsp3) is 0.167. The number of thioether (sulfide) groups is 1. The molecule has 24 heavy (non-hydrogen) atoms. The molecular weight excluding hydrogens is 322 g/mol. The first-order chi connectivity index (χ1) is 11.7. The van der Waals surface area contributed by atoms with Gasteiger partial charge in [0.2, 0.25) is 5.91 Å². The van der Waals surface area contributed by atoms with Crippen molar-refractivity contribution in [2.45, 2.75) is 17.4 Å². The van der Waals surface area contributed by atoms with Crippen LogP contribution in [0.1, 0.15) is 6.92 Å². The van der Waals surface area contributed by atoms with Gasteiger partial charge in [0.15, 0.2) is 11.2 Å². The Morgan fingerprint density at radius 3 is 2.83 bits per heavy atom. The Morgan fingerprint density at radius 1 is 1.33 bits per heavy atom. The van der Waals surface area contributed by atoms with Crippen molar-refractivity contribution in [1.29, 1.82) is 0 Å². The number of anilines is 1. The predicted molar refractivity (Wildman–Crippen MR) is 96.1 cm³/mol. The van der Waals surface area contributed by atoms with Gasteiger partial charge in [-0.25, -0.2) is 4.98 Å². The zero-order chi connectivity index (χ0) is 16.9. The first-order valence-electron chi connectivity index (χ1n) is 7.54. The molecule has 3 aromatic rings. The van der Waals surface area contributed by atoms with Crippen molar-refractivity contribution >= 4 is 34.6 Å². The number of hydrogen-bond donors (Lipinski definition) is 0. The standard InChI is InChI=1S/C18H17N3O2S/c1-3-12-21(14-8-5-4-6-9-14)17(22)13(2)24-18-20-16-15(23-18)10-7-11-19-16/h3-11,13H,1,12H2,2H3/t13-/m1/s1. The van der Waals surface area contributed by atoms with Crippen LogP contribution in [0, 0.1) is 0 Å². The molecule has 6 heteroatoms. The van der Waals surface area contributed by atoms with Crippen molar-refractivity contribution < 1.29 is 9.21 Å². The number of amides is 1. The Balaban J connectivity index is 1.78. The Kier molecular flexibility index (Phi) is 4.96. The van der Waals surface area contributed by atoms with Gasteiger partial charge in [0, 0.05) is 18.4 Å². The van der Waals surface area contributed by atoms with Crippen molar-refractivity contribution in [3.63, 3.8) is 0 Å². The lowest BCUT2D eigenvalue weighted by atomic mass is 10.2. The van der Waals surface area contributed by atoms with Crippen LogP contribution in [0.4, 0.5) is 5.69 Å². The first kappa shape index (κ1) is 16.3. The molecule has 2 heterocycles. The number of pyridine rings is 1. The number of nitrogens with zero attached hydrogens (tertiary/aromatic N) is 3. The van der Waals surface area contributed by atoms with Gasteiger partial charge < -0.3 is 9.32 Å². The van der Waals surface area contributed by atoms with Crippen molar-refractivity contribution in [2.75, 3.05) is 11.4 Å². The van der Waals surface area contributed by atoms with Crippen molar-refractivity contribution in [2.24, 2.45) is 0 Å². The maximum absolute atomic E-state index is 12.8. The molecule has 2 aromatic heterocycles. The molecule has 0 aliphatic carbocycles. The zero-order valence-electron chi connectivity index (χ0n) is 13.3. The smallest absolute Gasteiger partial charge is 0.259 e. The molecule has 5 nitrogen and oxygen atoms in total. The summed E-state index contributed by atoms with van der Waals surface area (Å²) in [7, 11) is 0. The fourth-order valence-corrected chi connectivity index (χ4v) is 3.09. The van der Waals surface area contributed by atoms with E-state index < -0.39 is 0 Å². The van der Waals surface area contributed by atoms with E-state index in [0.29, 0.717) is 23.0 Å². The quantitative estimate of drug-likeness (QED) is 0.503. The number of aromatic nitrogens is 2. The van der Waals surface area contributed by atoms with Gasteiger partial charge >= 0.3 is 0 Å². The van der Waals surface area contributed by atoms with Crippen molar-refractivity contribution in [1.82, 2.24) is 9.97 Å². The lowest BCUT2D eigenvalue weighted by Gasteiger charge is -2.23. The monoisotopic (exact) mass is 339 g/mol. The normalized spacial score (nSPS) is 12.0. The highest BCUT2D eigenvalue weighted by Crippen LogP contribution is 2.28. The topological polar surface area (TPSA) is 59.2 Å². The molecule has 0 N–H and O–H groups in total. The lowest BCUT2D eigenvalue weighted by molar-refractivity contribution is -0.117. The van der Waals surface area contributed by atoms with E-state index in [4.69, 9.17) is 4.42 Å². The second kappa shape index (κ2) is 7.31. The highest BCUT2D eigenvalue weighted by molar-refractivity contribution is 8.00. The van der Waals surface area contributed by atoms with Gasteiger partial charge in [-0.05, 0) is 31.2 Å². The number of carbonyl (C=O) groups is 1. The molecule has 0 radical (unpaired) electrons. The Labute approximate surface area is 144 Å². The maximum Gasteiger partial charge on any atom is 0.259 e. The molecule has 0 spiro atoms. The number of benzene rings is 1. The summed E-state index contributed by atoms with van der Waals surface area (Å²) in [5.74, 6) is -0.0266. The summed E-state index contributed by atoms with van der Waals surface area (Å²) in [4.78, 5) is 23.0. The van der Waals surface area contributed by atoms with Crippen LogP contribution in [0.15, 0.2) is 71.0 Å². The first-order valence-corrected chi connectivity index (χ1v) is 8.42. The summed E-state index contributed by atoms with van der Waals surface area (Å²) in [6.45, 7) is 6.03. The molecule has 0 unspecified atom stereocenters. The summed E-state index contributed by atoms with van der Waals surface area (Å²) < 4.78 is 5.63. The molecule has 0 saturated carbocycles. The average Bonchev–Trinajstić information content (AvgIpc) is 3.02. The Hall–Kier alpha value is -2.60. The SMILES string of the molecule is C=CCN(C(=O)[C@@H](C)Sc1nc2ncccc2o1)c1ccccc1. The molecule has 0 bridgehead atoms. The number of para-hydroxylation sites is 1. The zero-order valence-corrected chi connectivity index (χ0v) is 14.1. The highest BCUT2D eigenvalue weighted by Gasteiger charge is 2.24. The number of carbonyl (C=O) groups excluding carboxylic acids is 1. The van der Waals surface area contributed by atoms with E-state index in [1.165, 1.54) is 11.8 Å². The fourth-order valence-electron chi connectivity index (χ4n) is 2.28. The summed E-state index contributed by atoms with van der Waals surface area (Å²) in [5, 5.41) is 0.0920. The van der Waals surface area contributed by atoms with E-state index in [1.54, 1.807) is 29.3 Å². The third-order valence-electron chi connectivity index (χ3n) is 3.42. The lowest BCUT2D eigenvalue weighted by Crippen LogP contribution is -2.36. The molecule has 1 aromatic carbocycles. The van der Waals surface area contributed by atoms with E-state index in [2.05, 4.69) is 16.5 Å². The van der Waals surface area contributed by atoms with Crippen LogP contribution in [0.2, 0.25) is 0 Å². The van der Waals surface area contributed by atoms with Crippen molar-refractivity contribution in [3.05, 3.63) is 61.3 Å². The van der Waals surface area contributed by atoms with Crippen LogP contribution in [0.5, 0.6) is 0 Å². The average molecular weight is 339 g/mol. The van der Waals surface area contributed by atoms with Crippen LogP contribution >= 0.6 is 11.8 Å². The number of rotatable bonds is 6. The third kappa shape index (κ3) is 3.49. The molecule has 0 fully saturated rings. The summed E-state index contributed by atoms with van der Waals surface area (Å²) in [6, 6.07) is 13.1. The van der Waals surface area contributed by atoms with Crippen LogP contribution in [-0.2, 0) is 4.79 Å². The second-order valence-corrected chi connectivity index (χ2v) is 6.43. The third-order valence-corrected chi connectivity index (χ3v) is 4.35. The predicted octanol–water partition coefficient (Wildman–Crippen LogP) is 3.92. The van der Waals surface area contributed by atoms with Crippen LogP contribution in [0.3, 0.4) is 0 Å². The number of oxazole rings is 1. The second-order valence-electron chi connectivity index (χ2n) is 5.14. The van der Waals surface area contributed by atoms with E-state index in [-0.39, 0.29) is 11.2 Å². The number of fused-ring (bicyclic) bond motifs is 1. The molecule has 1 amide bonds. The van der Waals surface area contributed by atoms with E-state index in [9.17, 15) is 4.79 Å². The van der Waals surface area contributed by atoms with E-state index in [1.807, 2.05) is 37.3 Å². The van der Waals surface area contributed by atoms with Crippen LogP contribution in [0.25, 0.3) is 11.2 Å². The van der Waals surface area contributed by atoms with E-state index >= 15 is 0 Å². The van der Waals surface area contributed by atoms with Gasteiger partial charge in [-0.3, -0.25) is 4.79 Å². The Morgan fingerprint density at radius 2 is 2.12 bits per heavy atom. The molecular formula is C18H17N3O2S. The summed E-state index contributed by atoms with van der Waals surface area (Å²) in [6.07, 6.45) is 3.38. The van der Waals surface area contributed by atoms with Gasteiger partial charge in [-0.2, -0.15) is 4.98 Å². The highest BCUT2D eigenvalue weighted by atomic mass is 32.2. The summed E-state index contributed by atoms with van der Waals surface area (Å²) >= 11 is 1.28. The molecule has 3 rings (SSSR count). The van der Waals surface area contributed by atoms with E-state index in [0.717, 1.165) is 5.69 Å². The molecule has 122 valence electrons. The largest absolute Gasteiger partial charge is 0.430 e. The van der Waals surface area contributed by atoms with Crippen LogP contribution < -0.4 is 4.90 Å². The van der Waals surface area contributed by atoms with Gasteiger partial charge in [-0.1, -0.05) is 36.0 Å². The van der Waals surface area contributed by atoms with Gasteiger partial charge in [0.25, 0.3) is 5.22 Å². The van der Waals surface area contributed by atoms with Crippen molar-refractivity contribution in [3.8, 4) is 0 Å². The molecule has 0 aliphatic heterocycles. The van der Waals surface area contributed by atoms with Gasteiger partial charge in [-0.15, -0.1) is 6.58 Å². The summed E-state index contributed by atoms with van der Waals surface area (Å²) in [5.41, 5.74) is 2.00.